The van der Waals surface area contributed by atoms with Crippen molar-refractivity contribution in [3.63, 3.8) is 0 Å². The number of carbonyl (C=O) groups is 1. The van der Waals surface area contributed by atoms with E-state index in [-0.39, 0.29) is 11.7 Å². The largest absolute Gasteiger partial charge is 0.482 e. The van der Waals surface area contributed by atoms with E-state index < -0.39 is 0 Å². The normalized spacial score (nSPS) is 12.3. The standard InChI is InChI=1S/C6H11NO2/c1-4(5(2)8)6(7)9-3/h7H2,1-3H3/b6-4+. The Morgan fingerprint density at radius 1 is 1.44 bits per heavy atom. The first-order valence-corrected chi connectivity index (χ1v) is 2.61. The third-order valence-corrected chi connectivity index (χ3v) is 1.12. The fourth-order valence-electron chi connectivity index (χ4n) is 0.327. The van der Waals surface area contributed by atoms with Crippen molar-refractivity contribution in [3.05, 3.63) is 11.5 Å². The predicted octanol–water partition coefficient (Wildman–Crippen LogP) is 0.412. The van der Waals surface area contributed by atoms with E-state index in [0.29, 0.717) is 5.57 Å². The van der Waals surface area contributed by atoms with Crippen LogP contribution < -0.4 is 5.73 Å². The SMILES string of the molecule is CO/C(N)=C(\C)C(C)=O. The molecule has 0 amide bonds. The van der Waals surface area contributed by atoms with Crippen molar-refractivity contribution in [2.75, 3.05) is 7.11 Å². The molecule has 0 aliphatic carbocycles. The Hall–Kier alpha value is -0.990. The third-order valence-electron chi connectivity index (χ3n) is 1.12. The molecule has 3 heteroatoms. The molecule has 0 aromatic rings. The molecule has 0 aromatic carbocycles. The van der Waals surface area contributed by atoms with E-state index >= 15 is 0 Å². The number of rotatable bonds is 2. The van der Waals surface area contributed by atoms with Gasteiger partial charge in [-0.3, -0.25) is 4.79 Å². The molecule has 0 aromatic heterocycles. The number of ketones is 1. The lowest BCUT2D eigenvalue weighted by atomic mass is 10.2. The summed E-state index contributed by atoms with van der Waals surface area (Å²) in [6, 6.07) is 0. The maximum atomic E-state index is 10.5. The maximum Gasteiger partial charge on any atom is 0.190 e. The molecule has 9 heavy (non-hydrogen) atoms. The van der Waals surface area contributed by atoms with Crippen molar-refractivity contribution in [2.24, 2.45) is 5.73 Å². The molecule has 0 bridgehead atoms. The average Bonchev–Trinajstić information content (AvgIpc) is 1.84. The van der Waals surface area contributed by atoms with Crippen LogP contribution in [0.4, 0.5) is 0 Å². The first kappa shape index (κ1) is 8.01. The van der Waals surface area contributed by atoms with E-state index in [4.69, 9.17) is 5.73 Å². The quantitative estimate of drug-likeness (QED) is 0.434. The van der Waals surface area contributed by atoms with E-state index in [1.165, 1.54) is 14.0 Å². The molecule has 0 saturated heterocycles. The van der Waals surface area contributed by atoms with Gasteiger partial charge in [0.05, 0.1) is 12.7 Å². The molecule has 0 rings (SSSR count). The van der Waals surface area contributed by atoms with Crippen molar-refractivity contribution in [1.82, 2.24) is 0 Å². The lowest BCUT2D eigenvalue weighted by molar-refractivity contribution is -0.113. The summed E-state index contributed by atoms with van der Waals surface area (Å²) < 4.78 is 4.61. The molecule has 0 spiro atoms. The molecule has 0 saturated carbocycles. The van der Waals surface area contributed by atoms with Crippen molar-refractivity contribution >= 4 is 5.78 Å². The summed E-state index contributed by atoms with van der Waals surface area (Å²) in [4.78, 5) is 10.5. The van der Waals surface area contributed by atoms with Gasteiger partial charge in [-0.05, 0) is 13.8 Å². The number of nitrogens with two attached hydrogens (primary N) is 1. The number of methoxy groups -OCH3 is 1. The zero-order valence-electron chi connectivity index (χ0n) is 5.89. The van der Waals surface area contributed by atoms with Gasteiger partial charge in [-0.15, -0.1) is 0 Å². The van der Waals surface area contributed by atoms with E-state index in [1.54, 1.807) is 6.92 Å². The van der Waals surface area contributed by atoms with Crippen LogP contribution in [-0.2, 0) is 9.53 Å². The topological polar surface area (TPSA) is 52.3 Å². The summed E-state index contributed by atoms with van der Waals surface area (Å²) in [5, 5.41) is 0. The highest BCUT2D eigenvalue weighted by atomic mass is 16.5. The third kappa shape index (κ3) is 2.17. The van der Waals surface area contributed by atoms with Gasteiger partial charge in [0.2, 0.25) is 0 Å². The van der Waals surface area contributed by atoms with Crippen molar-refractivity contribution in [3.8, 4) is 0 Å². The predicted molar refractivity (Wildman–Crippen MR) is 34.6 cm³/mol. The molecular formula is C6H11NO2. The van der Waals surface area contributed by atoms with Gasteiger partial charge in [0.25, 0.3) is 0 Å². The minimum Gasteiger partial charge on any atom is -0.482 e. The number of allylic oxidation sites excluding steroid dienone is 1. The molecule has 0 aliphatic rings. The Labute approximate surface area is 54.5 Å². The fourth-order valence-corrected chi connectivity index (χ4v) is 0.327. The fraction of sp³-hybridized carbons (Fsp3) is 0.500. The van der Waals surface area contributed by atoms with Gasteiger partial charge in [-0.1, -0.05) is 0 Å². The van der Waals surface area contributed by atoms with Gasteiger partial charge in [0, 0.05) is 0 Å². The van der Waals surface area contributed by atoms with Crippen LogP contribution >= 0.6 is 0 Å². The Bertz CT molecular complexity index is 149. The molecule has 0 heterocycles. The monoisotopic (exact) mass is 129 g/mol. The highest BCUT2D eigenvalue weighted by Crippen LogP contribution is 1.98. The molecule has 52 valence electrons. The van der Waals surface area contributed by atoms with Gasteiger partial charge >= 0.3 is 0 Å². The van der Waals surface area contributed by atoms with Crippen LogP contribution in [0.3, 0.4) is 0 Å². The van der Waals surface area contributed by atoms with Crippen LogP contribution in [0.15, 0.2) is 11.5 Å². The Kier molecular flexibility index (Phi) is 2.78. The lowest BCUT2D eigenvalue weighted by Crippen LogP contribution is -2.07. The molecule has 0 unspecified atom stereocenters. The van der Waals surface area contributed by atoms with E-state index in [1.807, 2.05) is 0 Å². The second-order valence-corrected chi connectivity index (χ2v) is 1.75. The summed E-state index contributed by atoms with van der Waals surface area (Å²) >= 11 is 0. The van der Waals surface area contributed by atoms with Crippen LogP contribution in [-0.4, -0.2) is 12.9 Å². The second kappa shape index (κ2) is 3.12. The van der Waals surface area contributed by atoms with Gasteiger partial charge in [0.15, 0.2) is 11.7 Å². The lowest BCUT2D eigenvalue weighted by Gasteiger charge is -2.00. The van der Waals surface area contributed by atoms with E-state index in [9.17, 15) is 4.79 Å². The first-order valence-electron chi connectivity index (χ1n) is 2.61. The minimum atomic E-state index is -0.0608. The molecule has 0 fully saturated rings. The molecular weight excluding hydrogens is 118 g/mol. The number of carbonyl (C=O) groups excluding carboxylic acids is 1. The Balaban J connectivity index is 4.28. The summed E-state index contributed by atoms with van der Waals surface area (Å²) in [6.07, 6.45) is 0. The Morgan fingerprint density at radius 2 is 1.89 bits per heavy atom. The second-order valence-electron chi connectivity index (χ2n) is 1.75. The summed E-state index contributed by atoms with van der Waals surface area (Å²) in [5.74, 6) is 0.136. The minimum absolute atomic E-state index is 0.0608. The van der Waals surface area contributed by atoms with Gasteiger partial charge in [-0.25, -0.2) is 0 Å². The van der Waals surface area contributed by atoms with Crippen LogP contribution in [0.1, 0.15) is 13.8 Å². The van der Waals surface area contributed by atoms with Gasteiger partial charge in [0.1, 0.15) is 0 Å². The smallest absolute Gasteiger partial charge is 0.190 e. The number of Topliss-reactive ketones (excluding diaryl/α,β-unsaturated/α-hetero) is 1. The molecule has 3 nitrogen and oxygen atoms in total. The summed E-state index contributed by atoms with van der Waals surface area (Å²) in [5.41, 5.74) is 5.72. The first-order chi connectivity index (χ1) is 4.09. The summed E-state index contributed by atoms with van der Waals surface area (Å²) in [6.45, 7) is 3.07. The number of hydrogen-bond donors (Lipinski definition) is 1. The zero-order chi connectivity index (χ0) is 7.44. The maximum absolute atomic E-state index is 10.5. The molecule has 0 atom stereocenters. The molecule has 2 N–H and O–H groups in total. The molecule has 0 aliphatic heterocycles. The van der Waals surface area contributed by atoms with Crippen molar-refractivity contribution in [1.29, 1.82) is 0 Å². The van der Waals surface area contributed by atoms with Crippen molar-refractivity contribution < 1.29 is 9.53 Å². The van der Waals surface area contributed by atoms with Crippen LogP contribution in [0.5, 0.6) is 0 Å². The highest BCUT2D eigenvalue weighted by Gasteiger charge is 2.01. The van der Waals surface area contributed by atoms with Gasteiger partial charge < -0.3 is 10.5 Å². The van der Waals surface area contributed by atoms with E-state index in [0.717, 1.165) is 0 Å². The van der Waals surface area contributed by atoms with Crippen LogP contribution in [0.25, 0.3) is 0 Å². The number of ether oxygens (including phenoxy) is 1. The van der Waals surface area contributed by atoms with Crippen molar-refractivity contribution in [2.45, 2.75) is 13.8 Å². The van der Waals surface area contributed by atoms with Crippen LogP contribution in [0, 0.1) is 0 Å². The van der Waals surface area contributed by atoms with Gasteiger partial charge in [-0.2, -0.15) is 0 Å². The summed E-state index contributed by atoms with van der Waals surface area (Å²) in [7, 11) is 1.43. The van der Waals surface area contributed by atoms with E-state index in [2.05, 4.69) is 4.74 Å². The zero-order valence-corrected chi connectivity index (χ0v) is 5.89. The highest BCUT2D eigenvalue weighted by molar-refractivity contribution is 5.92. The van der Waals surface area contributed by atoms with Crippen LogP contribution in [0.2, 0.25) is 0 Å². The number of hydrogen-bond acceptors (Lipinski definition) is 3. The average molecular weight is 129 g/mol. The molecule has 0 radical (unpaired) electrons. The Morgan fingerprint density at radius 3 is 2.00 bits per heavy atom.